The number of aliphatic carboxylic acids is 1. The average Bonchev–Trinajstić information content (AvgIpc) is 3.02. The second-order valence-electron chi connectivity index (χ2n) is 7.03. The van der Waals surface area contributed by atoms with Crippen LogP contribution in [0.2, 0.25) is 0 Å². The van der Waals surface area contributed by atoms with Crippen LogP contribution in [0.4, 0.5) is 0 Å². The molecule has 0 radical (unpaired) electrons. The highest BCUT2D eigenvalue weighted by Gasteiger charge is 2.32. The van der Waals surface area contributed by atoms with Crippen molar-refractivity contribution in [3.63, 3.8) is 0 Å². The van der Waals surface area contributed by atoms with E-state index in [4.69, 9.17) is 21.7 Å². The van der Waals surface area contributed by atoms with Crippen LogP contribution < -0.4 is 14.8 Å². The number of carbonyl (C=O) groups is 3. The average molecular weight is 481 g/mol. The zero-order valence-electron chi connectivity index (χ0n) is 18.4. The normalized spacial score (nSPS) is 15.7. The largest absolute Gasteiger partial charge is 0.493 e. The van der Waals surface area contributed by atoms with E-state index in [9.17, 15) is 19.5 Å². The van der Waals surface area contributed by atoms with Gasteiger partial charge in [0.15, 0.2) is 11.5 Å². The third-order valence-corrected chi connectivity index (χ3v) is 6.08. The second-order valence-corrected chi connectivity index (χ2v) is 8.70. The van der Waals surface area contributed by atoms with Gasteiger partial charge in [-0.25, -0.2) is 4.79 Å². The van der Waals surface area contributed by atoms with Gasteiger partial charge in [-0.3, -0.25) is 14.5 Å². The fourth-order valence-electron chi connectivity index (χ4n) is 3.04. The van der Waals surface area contributed by atoms with Crippen molar-refractivity contribution < 1.29 is 29.0 Å². The molecule has 1 aliphatic rings. The summed E-state index contributed by atoms with van der Waals surface area (Å²) in [7, 11) is 1.54. The van der Waals surface area contributed by atoms with Gasteiger partial charge in [0.2, 0.25) is 5.91 Å². The van der Waals surface area contributed by atoms with Crippen LogP contribution >= 0.6 is 24.0 Å². The Morgan fingerprint density at radius 2 is 2.06 bits per heavy atom. The molecule has 1 fully saturated rings. The molecule has 1 unspecified atom stereocenters. The van der Waals surface area contributed by atoms with Crippen LogP contribution in [-0.2, 0) is 14.4 Å². The Morgan fingerprint density at radius 3 is 2.69 bits per heavy atom. The van der Waals surface area contributed by atoms with Gasteiger partial charge < -0.3 is 19.9 Å². The molecule has 1 aromatic carbocycles. The molecule has 0 bridgehead atoms. The van der Waals surface area contributed by atoms with E-state index in [2.05, 4.69) is 5.32 Å². The third-order valence-electron chi connectivity index (χ3n) is 4.70. The Labute approximate surface area is 197 Å². The predicted octanol–water partition coefficient (Wildman–Crippen LogP) is 3.44. The van der Waals surface area contributed by atoms with Gasteiger partial charge in [0.05, 0.1) is 18.6 Å². The smallest absolute Gasteiger partial charge is 0.326 e. The molecule has 0 spiro atoms. The van der Waals surface area contributed by atoms with Crippen LogP contribution in [0.25, 0.3) is 6.08 Å². The van der Waals surface area contributed by atoms with Gasteiger partial charge in [0, 0.05) is 13.0 Å². The molecule has 1 atom stereocenters. The number of nitrogens with one attached hydrogen (secondary N) is 1. The van der Waals surface area contributed by atoms with E-state index >= 15 is 0 Å². The van der Waals surface area contributed by atoms with Crippen LogP contribution in [0.5, 0.6) is 11.5 Å². The quantitative estimate of drug-likeness (QED) is 0.346. The first-order chi connectivity index (χ1) is 15.3. The Balaban J connectivity index is 2.02. The maximum atomic E-state index is 12.8. The van der Waals surface area contributed by atoms with Crippen molar-refractivity contribution in [2.24, 2.45) is 0 Å². The molecule has 1 saturated heterocycles. The number of benzene rings is 1. The lowest BCUT2D eigenvalue weighted by molar-refractivity contribution is -0.142. The molecule has 32 heavy (non-hydrogen) atoms. The first-order valence-corrected chi connectivity index (χ1v) is 11.6. The van der Waals surface area contributed by atoms with Gasteiger partial charge in [-0.05, 0) is 37.1 Å². The predicted molar refractivity (Wildman–Crippen MR) is 128 cm³/mol. The summed E-state index contributed by atoms with van der Waals surface area (Å²) >= 11 is 6.47. The van der Waals surface area contributed by atoms with Gasteiger partial charge in [-0.1, -0.05) is 49.8 Å². The standard InChI is InChI=1S/C22H28N2O6S2/c1-4-6-7-15(21(27)28)23-19(25)10-11-24-20(26)18(32-22(24)31)13-14-8-9-16(30-5-2)17(12-14)29-3/h8-9,12-13,15H,4-7,10-11H2,1-3H3,(H,23,25)(H,27,28). The molecule has 2 N–H and O–H groups in total. The highest BCUT2D eigenvalue weighted by molar-refractivity contribution is 8.26. The SMILES string of the molecule is CCCCC(NC(=O)CCN1C(=O)C(=Cc2ccc(OCC)c(OC)c2)SC1=S)C(=O)O. The molecule has 2 amide bonds. The fourth-order valence-corrected chi connectivity index (χ4v) is 4.35. The number of nitrogens with zero attached hydrogens (tertiary/aromatic N) is 1. The van der Waals surface area contributed by atoms with E-state index in [1.54, 1.807) is 25.3 Å². The minimum atomic E-state index is -1.06. The van der Waals surface area contributed by atoms with Crippen LogP contribution in [0, 0.1) is 0 Å². The van der Waals surface area contributed by atoms with E-state index in [0.717, 1.165) is 23.7 Å². The monoisotopic (exact) mass is 480 g/mol. The van der Waals surface area contributed by atoms with Crippen molar-refractivity contribution in [1.82, 2.24) is 10.2 Å². The van der Waals surface area contributed by atoms with Crippen molar-refractivity contribution in [1.29, 1.82) is 0 Å². The van der Waals surface area contributed by atoms with Crippen LogP contribution in [0.1, 0.15) is 45.1 Å². The number of unbranched alkanes of at least 4 members (excludes halogenated alkanes) is 1. The molecule has 1 heterocycles. The first kappa shape index (κ1) is 25.7. The van der Waals surface area contributed by atoms with Gasteiger partial charge in [-0.15, -0.1) is 0 Å². The molecule has 1 aliphatic heterocycles. The van der Waals surface area contributed by atoms with E-state index in [0.29, 0.717) is 40.2 Å². The van der Waals surface area contributed by atoms with Crippen molar-refractivity contribution in [3.05, 3.63) is 28.7 Å². The lowest BCUT2D eigenvalue weighted by Crippen LogP contribution is -2.42. The molecule has 174 valence electrons. The summed E-state index contributed by atoms with van der Waals surface area (Å²) < 4.78 is 11.2. The summed E-state index contributed by atoms with van der Waals surface area (Å²) in [5.41, 5.74) is 0.753. The Morgan fingerprint density at radius 1 is 1.31 bits per heavy atom. The topological polar surface area (TPSA) is 105 Å². The zero-order chi connectivity index (χ0) is 23.7. The lowest BCUT2D eigenvalue weighted by atomic mass is 10.1. The fraction of sp³-hybridized carbons (Fsp3) is 0.455. The van der Waals surface area contributed by atoms with Crippen molar-refractivity contribution in [2.45, 2.75) is 45.6 Å². The van der Waals surface area contributed by atoms with E-state index < -0.39 is 17.9 Å². The number of amides is 2. The Kier molecular flexibility index (Phi) is 9.98. The second kappa shape index (κ2) is 12.4. The summed E-state index contributed by atoms with van der Waals surface area (Å²) in [4.78, 5) is 38.1. The molecule has 0 aliphatic carbocycles. The minimum absolute atomic E-state index is 0.0352. The van der Waals surface area contributed by atoms with Crippen molar-refractivity contribution >= 4 is 52.2 Å². The summed E-state index contributed by atoms with van der Waals surface area (Å²) in [5.74, 6) is -0.608. The van der Waals surface area contributed by atoms with Gasteiger partial charge in [-0.2, -0.15) is 0 Å². The highest BCUT2D eigenvalue weighted by Crippen LogP contribution is 2.34. The Bertz CT molecular complexity index is 902. The number of hydrogen-bond donors (Lipinski definition) is 2. The number of thiocarbonyl (C=S) groups is 1. The summed E-state index contributed by atoms with van der Waals surface area (Å²) in [5, 5.41) is 11.8. The number of methoxy groups -OCH3 is 1. The molecule has 8 nitrogen and oxygen atoms in total. The highest BCUT2D eigenvalue weighted by atomic mass is 32.2. The summed E-state index contributed by atoms with van der Waals surface area (Å²) in [6, 6.07) is 4.43. The van der Waals surface area contributed by atoms with Gasteiger partial charge in [0.25, 0.3) is 5.91 Å². The molecule has 0 saturated carbocycles. The van der Waals surface area contributed by atoms with Crippen LogP contribution in [0.15, 0.2) is 23.1 Å². The first-order valence-electron chi connectivity index (χ1n) is 10.4. The molecule has 0 aromatic heterocycles. The zero-order valence-corrected chi connectivity index (χ0v) is 20.0. The molecule has 2 rings (SSSR count). The third kappa shape index (κ3) is 6.96. The van der Waals surface area contributed by atoms with Crippen molar-refractivity contribution in [2.75, 3.05) is 20.3 Å². The number of carboxylic acids is 1. The summed E-state index contributed by atoms with van der Waals surface area (Å²) in [6.45, 7) is 4.42. The molecular formula is C22H28N2O6S2. The minimum Gasteiger partial charge on any atom is -0.493 e. The Hall–Kier alpha value is -2.59. The van der Waals surface area contributed by atoms with E-state index in [1.807, 2.05) is 19.9 Å². The number of rotatable bonds is 12. The van der Waals surface area contributed by atoms with Crippen LogP contribution in [0.3, 0.4) is 0 Å². The molecular weight excluding hydrogens is 452 g/mol. The number of ether oxygens (including phenoxy) is 2. The molecule has 1 aromatic rings. The number of thioether (sulfide) groups is 1. The van der Waals surface area contributed by atoms with Gasteiger partial charge in [0.1, 0.15) is 10.4 Å². The molecule has 10 heteroatoms. The number of hydrogen-bond acceptors (Lipinski definition) is 7. The van der Waals surface area contributed by atoms with E-state index in [1.165, 1.54) is 4.90 Å². The maximum Gasteiger partial charge on any atom is 0.326 e. The van der Waals surface area contributed by atoms with E-state index in [-0.39, 0.29) is 18.9 Å². The number of carboxylic acid groups (broad SMARTS) is 1. The van der Waals surface area contributed by atoms with Gasteiger partial charge >= 0.3 is 5.97 Å². The lowest BCUT2D eigenvalue weighted by Gasteiger charge is -2.17. The number of carbonyl (C=O) groups excluding carboxylic acids is 2. The van der Waals surface area contributed by atoms with Crippen LogP contribution in [-0.4, -0.2) is 58.4 Å². The maximum absolute atomic E-state index is 12.8. The van der Waals surface area contributed by atoms with Crippen molar-refractivity contribution in [3.8, 4) is 11.5 Å². The summed E-state index contributed by atoms with van der Waals surface area (Å²) in [6.07, 6.45) is 3.58.